The number of benzene rings is 2. The maximum Gasteiger partial charge on any atom is 0.317 e. The summed E-state index contributed by atoms with van der Waals surface area (Å²) in [5.41, 5.74) is 0.507. The highest BCUT2D eigenvalue weighted by molar-refractivity contribution is 5.90. The van der Waals surface area contributed by atoms with Gasteiger partial charge in [-0.2, -0.15) is 0 Å². The summed E-state index contributed by atoms with van der Waals surface area (Å²) in [7, 11) is 0. The second-order valence-corrected chi connectivity index (χ2v) is 11.9. The first-order valence-corrected chi connectivity index (χ1v) is 15.4. The Labute approximate surface area is 288 Å². The van der Waals surface area contributed by atoms with Crippen LogP contribution in [0.3, 0.4) is 0 Å². The predicted octanol–water partition coefficient (Wildman–Crippen LogP) is -1.97. The van der Waals surface area contributed by atoms with Gasteiger partial charge in [0, 0.05) is 19.1 Å². The van der Waals surface area contributed by atoms with E-state index in [2.05, 4.69) is 4.74 Å². The van der Waals surface area contributed by atoms with Crippen molar-refractivity contribution in [1.29, 1.82) is 0 Å². The maximum atomic E-state index is 11.8. The molecule has 3 heterocycles. The molecular formula is C32H37O19+. The molecule has 0 radical (unpaired) electrons. The van der Waals surface area contributed by atoms with E-state index in [0.717, 1.165) is 13.0 Å². The maximum absolute atomic E-state index is 11.8. The molecule has 10 N–H and O–H groups in total. The van der Waals surface area contributed by atoms with Gasteiger partial charge >= 0.3 is 17.9 Å². The zero-order chi connectivity index (χ0) is 37.1. The van der Waals surface area contributed by atoms with Crippen LogP contribution in [0, 0.1) is 0 Å². The lowest BCUT2D eigenvalue weighted by Crippen LogP contribution is -2.60. The van der Waals surface area contributed by atoms with Crippen molar-refractivity contribution in [2.24, 2.45) is 0 Å². The summed E-state index contributed by atoms with van der Waals surface area (Å²) >= 11 is 0. The Balaban J connectivity index is 1.47. The molecule has 2 aromatic rings. The number of hydrogen-bond donors (Lipinski definition) is 9. The van der Waals surface area contributed by atoms with Gasteiger partial charge in [0.15, 0.2) is 5.76 Å². The van der Waals surface area contributed by atoms with Crippen molar-refractivity contribution in [3.63, 3.8) is 0 Å². The van der Waals surface area contributed by atoms with E-state index in [1.165, 1.54) is 36.4 Å². The molecule has 19 nitrogen and oxygen atoms in total. The first-order valence-electron chi connectivity index (χ1n) is 15.4. The molecule has 3 aliphatic rings. The molecule has 11 atom stereocenters. The van der Waals surface area contributed by atoms with Crippen LogP contribution in [0.2, 0.25) is 0 Å². The zero-order valence-electron chi connectivity index (χ0n) is 26.7. The Bertz CT molecular complexity index is 1610. The molecular weight excluding hydrogens is 688 g/mol. The quantitative estimate of drug-likeness (QED) is 0.0689. The summed E-state index contributed by atoms with van der Waals surface area (Å²) < 4.78 is 37.5. The van der Waals surface area contributed by atoms with Crippen molar-refractivity contribution in [2.45, 2.75) is 80.9 Å². The highest BCUT2D eigenvalue weighted by Gasteiger charge is 2.48. The second-order valence-electron chi connectivity index (χ2n) is 11.9. The fraction of sp³-hybridized carbons (Fsp3) is 0.469. The number of hydrogen-bond acceptors (Lipinski definition) is 17. The molecule has 19 heteroatoms. The third-order valence-electron chi connectivity index (χ3n) is 8.13. The second kappa shape index (κ2) is 15.7. The smallest absolute Gasteiger partial charge is 0.317 e. The monoisotopic (exact) mass is 725 g/mol. The molecule has 0 aromatic heterocycles. The summed E-state index contributed by atoms with van der Waals surface area (Å²) in [4.78, 5) is 34.0. The lowest BCUT2D eigenvalue weighted by molar-refractivity contribution is -0.296. The molecule has 0 bridgehead atoms. The molecule has 11 unspecified atom stereocenters. The average molecular weight is 726 g/mol. The number of carboxylic acid groups (broad SMARTS) is 1. The fourth-order valence-electron chi connectivity index (χ4n) is 5.48. The van der Waals surface area contributed by atoms with Gasteiger partial charge in [-0.3, -0.25) is 14.4 Å². The standard InChI is InChI=1S/C32H36O19/c1-12(33)45-10-20-24(39)26(41)28(43)31(50-20)48-18-7-15(35)6-17-16(18)8-19(30(47-17)13-2-4-14(34)5-3-13)49-32-29(44)27(42)25(40)21(51-32)11-46-23(38)9-22(36)37/h2-8,20-21,24-32,34-35,39-44H,9-11H2,1H3,(H,36,37)/p+1. The minimum Gasteiger partial charge on any atom is -0.571 e. The van der Waals surface area contributed by atoms with Crippen LogP contribution in [0.4, 0.5) is 0 Å². The summed E-state index contributed by atoms with van der Waals surface area (Å²) in [5.74, 6) is -3.95. The number of esters is 2. The van der Waals surface area contributed by atoms with Crippen molar-refractivity contribution >= 4 is 24.0 Å². The van der Waals surface area contributed by atoms with E-state index < -0.39 is 105 Å². The van der Waals surface area contributed by atoms with Gasteiger partial charge in [0.2, 0.25) is 12.6 Å². The van der Waals surface area contributed by atoms with E-state index in [1.54, 1.807) is 0 Å². The average Bonchev–Trinajstić information content (AvgIpc) is 3.07. The van der Waals surface area contributed by atoms with E-state index in [1.807, 2.05) is 0 Å². The Morgan fingerprint density at radius 1 is 0.745 bits per heavy atom. The summed E-state index contributed by atoms with van der Waals surface area (Å²) in [6, 6.07) is 8.08. The Kier molecular flexibility index (Phi) is 11.5. The van der Waals surface area contributed by atoms with Crippen LogP contribution in [-0.2, 0) is 38.1 Å². The van der Waals surface area contributed by atoms with Crippen molar-refractivity contribution in [3.05, 3.63) is 53.3 Å². The van der Waals surface area contributed by atoms with E-state index in [4.69, 9.17) is 33.5 Å². The molecule has 2 saturated heterocycles. The van der Waals surface area contributed by atoms with Gasteiger partial charge in [-0.15, -0.1) is 0 Å². The molecule has 3 aliphatic heterocycles. The molecule has 0 amide bonds. The van der Waals surface area contributed by atoms with Crippen LogP contribution in [-0.4, -0.2) is 143 Å². The van der Waals surface area contributed by atoms with Crippen LogP contribution < -0.4 is 4.74 Å². The molecule has 2 aromatic carbocycles. The van der Waals surface area contributed by atoms with Gasteiger partial charge in [0.05, 0.1) is 11.6 Å². The topological polar surface area (TPSA) is 301 Å². The van der Waals surface area contributed by atoms with Gasteiger partial charge in [0.1, 0.15) is 91.3 Å². The number of phenolic OH excluding ortho intramolecular Hbond substituents is 2. The highest BCUT2D eigenvalue weighted by atomic mass is 16.7. The minimum atomic E-state index is -1.89. The number of aliphatic hydroxyl groups is 7. The lowest BCUT2D eigenvalue weighted by Gasteiger charge is -2.41. The van der Waals surface area contributed by atoms with Gasteiger partial charge < -0.3 is 79.1 Å². The summed E-state index contributed by atoms with van der Waals surface area (Å²) in [5, 5.41) is 92.7. The highest BCUT2D eigenvalue weighted by Crippen LogP contribution is 2.46. The molecule has 51 heavy (non-hydrogen) atoms. The Morgan fingerprint density at radius 3 is 1.88 bits per heavy atom. The molecule has 278 valence electrons. The van der Waals surface area contributed by atoms with Crippen molar-refractivity contribution < 1.29 is 93.5 Å². The number of rotatable bonds is 11. The Morgan fingerprint density at radius 2 is 1.31 bits per heavy atom. The number of ether oxygens (including phenoxy) is 7. The number of phenols is 2. The third kappa shape index (κ3) is 8.60. The number of aromatic hydroxyl groups is 3. The van der Waals surface area contributed by atoms with E-state index >= 15 is 0 Å². The summed E-state index contributed by atoms with van der Waals surface area (Å²) in [6.07, 6.45) is -17.8. The summed E-state index contributed by atoms with van der Waals surface area (Å²) in [6.45, 7) is -0.0969. The van der Waals surface area contributed by atoms with Crippen molar-refractivity contribution in [3.8, 4) is 23.0 Å². The first-order chi connectivity index (χ1) is 24.1. The zero-order valence-corrected chi connectivity index (χ0v) is 26.7. The van der Waals surface area contributed by atoms with Crippen molar-refractivity contribution in [2.75, 3.05) is 13.2 Å². The lowest BCUT2D eigenvalue weighted by atomic mass is 9.98. The molecule has 0 spiro atoms. The van der Waals surface area contributed by atoms with Crippen molar-refractivity contribution in [1.82, 2.24) is 0 Å². The molecule has 2 fully saturated rings. The fourth-order valence-corrected chi connectivity index (χ4v) is 5.48. The predicted molar refractivity (Wildman–Crippen MR) is 164 cm³/mol. The van der Waals surface area contributed by atoms with Gasteiger partial charge in [-0.1, -0.05) is 0 Å². The van der Waals surface area contributed by atoms with Crippen LogP contribution >= 0.6 is 0 Å². The van der Waals surface area contributed by atoms with E-state index in [-0.39, 0.29) is 34.3 Å². The number of carbonyl (C=O) groups is 3. The molecule has 0 saturated carbocycles. The van der Waals surface area contributed by atoms with Gasteiger partial charge in [-0.25, -0.2) is 0 Å². The van der Waals surface area contributed by atoms with Crippen LogP contribution in [0.5, 0.6) is 23.0 Å². The number of aliphatic carboxylic acids is 1. The number of carbonyl (C=O) groups excluding carboxylic acids is 2. The first kappa shape index (κ1) is 37.5. The largest absolute Gasteiger partial charge is 0.571 e. The molecule has 0 aliphatic carbocycles. The Hall–Kier alpha value is -4.73. The van der Waals surface area contributed by atoms with E-state index in [9.17, 15) is 55.2 Å². The number of carboxylic acids is 1. The van der Waals surface area contributed by atoms with E-state index in [0.29, 0.717) is 5.56 Å². The number of aliphatic hydroxyl groups excluding tert-OH is 6. The normalized spacial score (nSPS) is 31.7. The number of fused-ring (bicyclic) bond motifs is 1. The van der Waals surface area contributed by atoms with Gasteiger partial charge in [-0.05, 0) is 24.3 Å². The van der Waals surface area contributed by atoms with Crippen LogP contribution in [0.25, 0.3) is 6.08 Å². The SMILES string of the molecule is CC(=O)OCC1OC(Oc2cc(O)cc3c2C=C(OC2OC(COC(=O)CC(=O)O)C(O)C(O)C2O)C(c2ccc(O)cc2)[OH+]3)C(O)C(O)C1O. The van der Waals surface area contributed by atoms with Crippen LogP contribution in [0.1, 0.15) is 30.6 Å². The van der Waals surface area contributed by atoms with Crippen LogP contribution in [0.15, 0.2) is 42.2 Å². The molecule has 5 rings (SSSR count). The minimum absolute atomic E-state index is 0.0801. The van der Waals surface area contributed by atoms with Gasteiger partial charge in [0.25, 0.3) is 11.9 Å². The third-order valence-corrected chi connectivity index (χ3v) is 8.13.